The average Bonchev–Trinajstić information content (AvgIpc) is 2.55. The Morgan fingerprint density at radius 3 is 2.50 bits per heavy atom. The topological polar surface area (TPSA) is 63.2 Å². The lowest BCUT2D eigenvalue weighted by Crippen LogP contribution is -2.14. The molecule has 0 aliphatic carbocycles. The molecule has 0 radical (unpaired) electrons. The maximum Gasteiger partial charge on any atom is 0.234 e. The first kappa shape index (κ1) is 18.8. The first-order chi connectivity index (χ1) is 11.4. The van der Waals surface area contributed by atoms with E-state index >= 15 is 0 Å². The number of carbonyl (C=O) groups is 1. The molecule has 128 valence electrons. The molecule has 2 aromatic rings. The molecular formula is C17H18ClNO3S2. The number of rotatable bonds is 7. The summed E-state index contributed by atoms with van der Waals surface area (Å²) in [6.07, 6.45) is 0. The Morgan fingerprint density at radius 2 is 1.88 bits per heavy atom. The predicted octanol–water partition coefficient (Wildman–Crippen LogP) is 4.01. The summed E-state index contributed by atoms with van der Waals surface area (Å²) in [7, 11) is -3.22. The Bertz CT molecular complexity index is 805. The molecule has 0 aliphatic heterocycles. The van der Waals surface area contributed by atoms with Crippen molar-refractivity contribution in [1.82, 2.24) is 0 Å². The number of halogens is 1. The molecule has 0 aliphatic rings. The van der Waals surface area contributed by atoms with E-state index in [1.807, 2.05) is 24.3 Å². The Kier molecular flexibility index (Phi) is 6.71. The third-order valence-corrected chi connectivity index (χ3v) is 6.26. The fourth-order valence-corrected chi connectivity index (χ4v) is 3.87. The highest BCUT2D eigenvalue weighted by Gasteiger charge is 2.11. The van der Waals surface area contributed by atoms with Crippen LogP contribution in [0.5, 0.6) is 0 Å². The van der Waals surface area contributed by atoms with Gasteiger partial charge < -0.3 is 5.32 Å². The summed E-state index contributed by atoms with van der Waals surface area (Å²) >= 11 is 7.40. The maximum absolute atomic E-state index is 11.9. The second-order valence-corrected chi connectivity index (χ2v) is 8.80. The van der Waals surface area contributed by atoms with Gasteiger partial charge in [0, 0.05) is 16.5 Å². The van der Waals surface area contributed by atoms with Crippen LogP contribution in [0.2, 0.25) is 5.02 Å². The van der Waals surface area contributed by atoms with Crippen molar-refractivity contribution in [2.45, 2.75) is 17.6 Å². The molecule has 0 unspecified atom stereocenters. The Morgan fingerprint density at radius 1 is 1.17 bits per heavy atom. The molecule has 2 aromatic carbocycles. The number of hydrogen-bond donors (Lipinski definition) is 1. The number of nitrogens with one attached hydrogen (secondary N) is 1. The smallest absolute Gasteiger partial charge is 0.234 e. The fourth-order valence-electron chi connectivity index (χ4n) is 2.00. The van der Waals surface area contributed by atoms with Crippen molar-refractivity contribution in [2.75, 3.05) is 16.8 Å². The molecule has 2 rings (SSSR count). The van der Waals surface area contributed by atoms with Crippen LogP contribution in [0, 0.1) is 0 Å². The van der Waals surface area contributed by atoms with Crippen LogP contribution in [0.1, 0.15) is 12.5 Å². The van der Waals surface area contributed by atoms with Crippen molar-refractivity contribution in [3.05, 3.63) is 59.1 Å². The van der Waals surface area contributed by atoms with E-state index in [1.165, 1.54) is 23.9 Å². The minimum atomic E-state index is -3.22. The van der Waals surface area contributed by atoms with Crippen LogP contribution >= 0.6 is 23.4 Å². The zero-order chi connectivity index (χ0) is 17.6. The molecule has 0 saturated heterocycles. The van der Waals surface area contributed by atoms with E-state index in [1.54, 1.807) is 19.1 Å². The van der Waals surface area contributed by atoms with Gasteiger partial charge in [-0.15, -0.1) is 11.8 Å². The summed E-state index contributed by atoms with van der Waals surface area (Å²) < 4.78 is 23.5. The Hall–Kier alpha value is -1.50. The number of anilines is 1. The van der Waals surface area contributed by atoms with Crippen molar-refractivity contribution in [1.29, 1.82) is 0 Å². The standard InChI is InChI=1S/C17H18ClNO3S2/c1-2-24(21,22)16-8-6-15(7-9-16)19-17(20)12-23-11-13-4-3-5-14(18)10-13/h3-10H,2,11-12H2,1H3,(H,19,20). The van der Waals surface area contributed by atoms with Gasteiger partial charge in [-0.05, 0) is 42.0 Å². The van der Waals surface area contributed by atoms with Crippen molar-refractivity contribution >= 4 is 44.8 Å². The number of amides is 1. The first-order valence-corrected chi connectivity index (χ1v) is 10.5. The van der Waals surface area contributed by atoms with Crippen molar-refractivity contribution in [3.63, 3.8) is 0 Å². The van der Waals surface area contributed by atoms with Gasteiger partial charge in [0.05, 0.1) is 16.4 Å². The van der Waals surface area contributed by atoms with Gasteiger partial charge in [-0.25, -0.2) is 8.42 Å². The molecule has 1 N–H and O–H groups in total. The highest BCUT2D eigenvalue weighted by molar-refractivity contribution is 7.99. The molecule has 24 heavy (non-hydrogen) atoms. The second kappa shape index (κ2) is 8.55. The quantitative estimate of drug-likeness (QED) is 0.784. The van der Waals surface area contributed by atoms with Crippen LogP contribution in [0.25, 0.3) is 0 Å². The zero-order valence-corrected chi connectivity index (χ0v) is 15.5. The summed E-state index contributed by atoms with van der Waals surface area (Å²) in [6, 6.07) is 13.7. The summed E-state index contributed by atoms with van der Waals surface area (Å²) in [5.74, 6) is 0.926. The van der Waals surface area contributed by atoms with Crippen molar-refractivity contribution in [2.24, 2.45) is 0 Å². The van der Waals surface area contributed by atoms with Crippen molar-refractivity contribution < 1.29 is 13.2 Å². The van der Waals surface area contributed by atoms with Gasteiger partial charge in [0.2, 0.25) is 5.91 Å². The minimum absolute atomic E-state index is 0.0544. The lowest BCUT2D eigenvalue weighted by atomic mass is 10.2. The Balaban J connectivity index is 1.84. The van der Waals surface area contributed by atoms with E-state index < -0.39 is 9.84 Å². The largest absolute Gasteiger partial charge is 0.325 e. The monoisotopic (exact) mass is 383 g/mol. The Labute approximate surface area is 151 Å². The van der Waals surface area contributed by atoms with Gasteiger partial charge in [-0.3, -0.25) is 4.79 Å². The molecule has 0 fully saturated rings. The lowest BCUT2D eigenvalue weighted by molar-refractivity contribution is -0.113. The van der Waals surface area contributed by atoms with E-state index in [9.17, 15) is 13.2 Å². The summed E-state index contributed by atoms with van der Waals surface area (Å²) in [5, 5.41) is 3.44. The first-order valence-electron chi connectivity index (χ1n) is 7.35. The number of hydrogen-bond acceptors (Lipinski definition) is 4. The number of sulfone groups is 1. The molecule has 0 heterocycles. The van der Waals surface area contributed by atoms with E-state index in [-0.39, 0.29) is 16.6 Å². The normalized spacial score (nSPS) is 11.2. The SMILES string of the molecule is CCS(=O)(=O)c1ccc(NC(=O)CSCc2cccc(Cl)c2)cc1. The van der Waals surface area contributed by atoms with Gasteiger partial charge >= 0.3 is 0 Å². The number of carbonyl (C=O) groups excluding carboxylic acids is 1. The van der Waals surface area contributed by atoms with Gasteiger partial charge in [-0.2, -0.15) is 0 Å². The molecule has 4 nitrogen and oxygen atoms in total. The maximum atomic E-state index is 11.9. The average molecular weight is 384 g/mol. The highest BCUT2D eigenvalue weighted by Crippen LogP contribution is 2.18. The van der Waals surface area contributed by atoms with Crippen LogP contribution < -0.4 is 5.32 Å². The van der Waals surface area contributed by atoms with E-state index in [4.69, 9.17) is 11.6 Å². The number of thioether (sulfide) groups is 1. The summed E-state index contributed by atoms with van der Waals surface area (Å²) in [6.45, 7) is 1.60. The molecule has 0 saturated carbocycles. The van der Waals surface area contributed by atoms with Gasteiger partial charge in [0.15, 0.2) is 9.84 Å². The molecule has 7 heteroatoms. The van der Waals surface area contributed by atoms with Gasteiger partial charge in [-0.1, -0.05) is 30.7 Å². The van der Waals surface area contributed by atoms with E-state index in [0.29, 0.717) is 22.2 Å². The molecule has 0 bridgehead atoms. The number of benzene rings is 2. The van der Waals surface area contributed by atoms with Crippen LogP contribution in [0.3, 0.4) is 0 Å². The third-order valence-electron chi connectivity index (χ3n) is 3.27. The second-order valence-electron chi connectivity index (χ2n) is 5.10. The van der Waals surface area contributed by atoms with Crippen LogP contribution in [0.4, 0.5) is 5.69 Å². The van der Waals surface area contributed by atoms with Crippen LogP contribution in [0.15, 0.2) is 53.4 Å². The van der Waals surface area contributed by atoms with Crippen molar-refractivity contribution in [3.8, 4) is 0 Å². The molecule has 0 atom stereocenters. The minimum Gasteiger partial charge on any atom is -0.325 e. The highest BCUT2D eigenvalue weighted by atomic mass is 35.5. The van der Waals surface area contributed by atoms with E-state index in [0.717, 1.165) is 5.56 Å². The fraction of sp³-hybridized carbons (Fsp3) is 0.235. The lowest BCUT2D eigenvalue weighted by Gasteiger charge is -2.07. The summed E-state index contributed by atoms with van der Waals surface area (Å²) in [4.78, 5) is 12.2. The predicted molar refractivity (Wildman–Crippen MR) is 100 cm³/mol. The van der Waals surface area contributed by atoms with Gasteiger partial charge in [0.25, 0.3) is 0 Å². The molecular weight excluding hydrogens is 366 g/mol. The van der Waals surface area contributed by atoms with Gasteiger partial charge in [0.1, 0.15) is 0 Å². The zero-order valence-electron chi connectivity index (χ0n) is 13.2. The van der Waals surface area contributed by atoms with Crippen LogP contribution in [-0.2, 0) is 20.4 Å². The molecule has 0 spiro atoms. The molecule has 1 amide bonds. The molecule has 0 aromatic heterocycles. The van der Waals surface area contributed by atoms with Crippen LogP contribution in [-0.4, -0.2) is 25.8 Å². The summed E-state index contributed by atoms with van der Waals surface area (Å²) in [5.41, 5.74) is 1.65. The third kappa shape index (κ3) is 5.54. The van der Waals surface area contributed by atoms with E-state index in [2.05, 4.69) is 5.32 Å².